The van der Waals surface area contributed by atoms with Crippen LogP contribution in [0.15, 0.2) is 191 Å². The van der Waals surface area contributed by atoms with E-state index in [2.05, 4.69) is 219 Å². The highest BCUT2D eigenvalue weighted by Crippen LogP contribution is 2.47. The largest absolute Gasteiger partial charge is 0.455 e. The topological polar surface area (TPSA) is 32.8 Å². The monoisotopic (exact) mass is 940 g/mol. The molecule has 0 saturated carbocycles. The molecule has 358 valence electrons. The molecule has 0 aliphatic rings. The van der Waals surface area contributed by atoms with Gasteiger partial charge in [0.1, 0.15) is 22.3 Å². The van der Waals surface area contributed by atoms with Gasteiger partial charge in [-0.15, -0.1) is 0 Å². The van der Waals surface area contributed by atoms with Crippen molar-refractivity contribution in [1.29, 1.82) is 0 Å². The third kappa shape index (κ3) is 8.31. The summed E-state index contributed by atoms with van der Waals surface area (Å²) in [6.45, 7) is 9.26. The minimum Gasteiger partial charge on any atom is -0.455 e. The number of nitrogens with zero attached hydrogens (tertiary/aromatic N) is 2. The fourth-order valence-electron chi connectivity index (χ4n) is 11.9. The number of hydrogen-bond donors (Lipinski definition) is 0. The number of rotatable bonds is 18. The van der Waals surface area contributed by atoms with Crippen molar-refractivity contribution in [3.05, 3.63) is 193 Å². The maximum absolute atomic E-state index is 7.04. The molecule has 0 aliphatic heterocycles. The maximum Gasteiger partial charge on any atom is 0.143 e. The molecule has 0 saturated heterocycles. The fraction of sp³-hybridized carbons (Fsp3) is 0.235. The van der Waals surface area contributed by atoms with E-state index in [9.17, 15) is 0 Å². The molecule has 0 radical (unpaired) electrons. The Morgan fingerprint density at radius 2 is 0.764 bits per heavy atom. The van der Waals surface area contributed by atoms with Crippen LogP contribution in [0.5, 0.6) is 0 Å². The molecule has 0 fully saturated rings. The van der Waals surface area contributed by atoms with Gasteiger partial charge in [0.2, 0.25) is 0 Å². The van der Waals surface area contributed by atoms with Crippen LogP contribution in [0, 0.1) is 11.8 Å². The lowest BCUT2D eigenvalue weighted by atomic mass is 9.91. The second-order valence-electron chi connectivity index (χ2n) is 20.4. The van der Waals surface area contributed by atoms with Gasteiger partial charge >= 0.3 is 0 Å². The molecule has 2 heterocycles. The van der Waals surface area contributed by atoms with Crippen LogP contribution in [0.3, 0.4) is 0 Å². The fourth-order valence-corrected chi connectivity index (χ4v) is 11.9. The van der Waals surface area contributed by atoms with Gasteiger partial charge in [-0.05, 0) is 144 Å². The average Bonchev–Trinajstić information content (AvgIpc) is 3.99. The second kappa shape index (κ2) is 19.6. The molecule has 2 aromatic heterocycles. The van der Waals surface area contributed by atoms with Gasteiger partial charge in [0.25, 0.3) is 0 Å². The van der Waals surface area contributed by atoms with Crippen LogP contribution in [0.25, 0.3) is 76.2 Å². The van der Waals surface area contributed by atoms with Crippen molar-refractivity contribution in [3.8, 4) is 0 Å². The van der Waals surface area contributed by atoms with Crippen molar-refractivity contribution in [2.75, 3.05) is 9.80 Å². The van der Waals surface area contributed by atoms with Gasteiger partial charge in [0, 0.05) is 89.3 Å². The maximum atomic E-state index is 7.04. The van der Waals surface area contributed by atoms with Gasteiger partial charge < -0.3 is 18.6 Å². The summed E-state index contributed by atoms with van der Waals surface area (Å²) in [6, 6.07) is 67.0. The summed E-state index contributed by atoms with van der Waals surface area (Å²) in [6.07, 6.45) is 12.2. The minimum absolute atomic E-state index is 0.693. The molecular formula is C68H64N2O2. The zero-order chi connectivity index (χ0) is 48.7. The number of benzene rings is 10. The zero-order valence-electron chi connectivity index (χ0n) is 42.3. The first-order valence-corrected chi connectivity index (χ1v) is 26.8. The number of hydrogen-bond acceptors (Lipinski definition) is 4. The van der Waals surface area contributed by atoms with Crippen molar-refractivity contribution >= 4 is 110 Å². The predicted octanol–water partition coefficient (Wildman–Crippen LogP) is 20.8. The average molecular weight is 941 g/mol. The van der Waals surface area contributed by atoms with Crippen molar-refractivity contribution in [3.63, 3.8) is 0 Å². The SMILES string of the molecule is CCCCC(CC)Cc1cccc(N(c2ccccc2)c2ccc3c(c2)oc2c3cc3ccc4c5oc6cc(N(c7ccccc7)c7cccc(CC(CC)CCCC)c7)ccc6c5cc5ccc2c3c54)c1. The Kier molecular flexibility index (Phi) is 12.4. The van der Waals surface area contributed by atoms with E-state index in [1.165, 1.54) is 84.0 Å². The van der Waals surface area contributed by atoms with Crippen LogP contribution in [-0.2, 0) is 12.8 Å². The van der Waals surface area contributed by atoms with Crippen molar-refractivity contribution in [1.82, 2.24) is 0 Å². The molecular weight excluding hydrogens is 877 g/mol. The Morgan fingerprint density at radius 3 is 1.18 bits per heavy atom. The Hall–Kier alpha value is -7.56. The summed E-state index contributed by atoms with van der Waals surface area (Å²) in [4.78, 5) is 4.75. The molecule has 4 heteroatoms. The van der Waals surface area contributed by atoms with Crippen LogP contribution < -0.4 is 9.80 Å². The minimum atomic E-state index is 0.693. The lowest BCUT2D eigenvalue weighted by Gasteiger charge is -2.26. The first kappa shape index (κ1) is 45.6. The van der Waals surface area contributed by atoms with E-state index in [1.54, 1.807) is 0 Å². The summed E-state index contributed by atoms with van der Waals surface area (Å²) in [5.74, 6) is 1.39. The summed E-state index contributed by atoms with van der Waals surface area (Å²) < 4.78 is 14.1. The van der Waals surface area contributed by atoms with Gasteiger partial charge in [0.05, 0.1) is 0 Å². The smallest absolute Gasteiger partial charge is 0.143 e. The molecule has 0 N–H and O–H groups in total. The van der Waals surface area contributed by atoms with E-state index in [-0.39, 0.29) is 0 Å². The van der Waals surface area contributed by atoms with Gasteiger partial charge in [-0.1, -0.05) is 152 Å². The Bertz CT molecular complexity index is 3590. The number of fused-ring (bicyclic) bond motifs is 8. The molecule has 0 aliphatic carbocycles. The summed E-state index contributed by atoms with van der Waals surface area (Å²) in [7, 11) is 0. The summed E-state index contributed by atoms with van der Waals surface area (Å²) >= 11 is 0. The highest BCUT2D eigenvalue weighted by Gasteiger charge is 2.23. The number of para-hydroxylation sites is 2. The van der Waals surface area contributed by atoms with Gasteiger partial charge in [-0.25, -0.2) is 0 Å². The van der Waals surface area contributed by atoms with Crippen LogP contribution in [-0.4, -0.2) is 0 Å². The second-order valence-corrected chi connectivity index (χ2v) is 20.4. The van der Waals surface area contributed by atoms with Crippen LogP contribution in [0.1, 0.15) is 90.2 Å². The molecule has 0 spiro atoms. The van der Waals surface area contributed by atoms with Crippen molar-refractivity contribution in [2.45, 2.75) is 91.9 Å². The lowest BCUT2D eigenvalue weighted by Crippen LogP contribution is -2.11. The van der Waals surface area contributed by atoms with E-state index in [0.717, 1.165) is 102 Å². The van der Waals surface area contributed by atoms with Crippen molar-refractivity contribution in [2.24, 2.45) is 11.8 Å². The van der Waals surface area contributed by atoms with Crippen LogP contribution >= 0.6 is 0 Å². The van der Waals surface area contributed by atoms with Crippen molar-refractivity contribution < 1.29 is 8.83 Å². The zero-order valence-corrected chi connectivity index (χ0v) is 42.3. The molecule has 2 atom stereocenters. The van der Waals surface area contributed by atoms with Crippen LogP contribution in [0.2, 0.25) is 0 Å². The molecule has 2 unspecified atom stereocenters. The molecule has 72 heavy (non-hydrogen) atoms. The molecule has 0 bridgehead atoms. The highest BCUT2D eigenvalue weighted by atomic mass is 16.3. The molecule has 12 rings (SSSR count). The quantitative estimate of drug-likeness (QED) is 0.0803. The molecule has 4 nitrogen and oxygen atoms in total. The van der Waals surface area contributed by atoms with E-state index in [4.69, 9.17) is 8.83 Å². The van der Waals surface area contributed by atoms with Gasteiger partial charge in [-0.2, -0.15) is 0 Å². The highest BCUT2D eigenvalue weighted by molar-refractivity contribution is 6.34. The molecule has 10 aromatic carbocycles. The summed E-state index contributed by atoms with van der Waals surface area (Å²) in [5.41, 5.74) is 13.1. The first-order valence-electron chi connectivity index (χ1n) is 26.8. The first-order chi connectivity index (χ1) is 35.5. The number of anilines is 6. The normalized spacial score (nSPS) is 12.9. The Balaban J connectivity index is 0.942. The Labute approximate surface area is 423 Å². The Morgan fingerprint density at radius 1 is 0.361 bits per heavy atom. The summed E-state index contributed by atoms with van der Waals surface area (Å²) in [5, 5.41) is 11.5. The third-order valence-electron chi connectivity index (χ3n) is 15.8. The third-order valence-corrected chi connectivity index (χ3v) is 15.8. The predicted molar refractivity (Wildman–Crippen MR) is 308 cm³/mol. The number of furan rings is 2. The van der Waals surface area contributed by atoms with E-state index in [1.807, 2.05) is 0 Å². The van der Waals surface area contributed by atoms with E-state index >= 15 is 0 Å². The number of unbranched alkanes of at least 4 members (excludes halogenated alkanes) is 2. The van der Waals surface area contributed by atoms with Gasteiger partial charge in [0.15, 0.2) is 0 Å². The van der Waals surface area contributed by atoms with Crippen LogP contribution in [0.4, 0.5) is 34.1 Å². The molecule has 0 amide bonds. The van der Waals surface area contributed by atoms with E-state index < -0.39 is 0 Å². The standard InChI is InChI=1S/C68H64N2O2/c1-5-9-19-45(7-3)37-47-21-17-27-53(39-47)69(51-23-13-11-14-24-51)55-31-35-57-61-41-49-30-34-60-66-50(29-33-59(65(49)66)67(61)71-63(57)43-55)42-62-58-36-32-56(44-64(58)72-68(60)62)70(52-25-15-12-16-26-52)54-28-18-22-48(40-54)38-46(8-4)20-10-6-2/h11-18,21-36,39-46H,5-10,19-20,37-38H2,1-4H3. The van der Waals surface area contributed by atoms with E-state index in [0.29, 0.717) is 11.8 Å². The van der Waals surface area contributed by atoms with Gasteiger partial charge in [-0.3, -0.25) is 0 Å². The lowest BCUT2D eigenvalue weighted by molar-refractivity contribution is 0.449. The molecule has 12 aromatic rings.